The molecule has 1 aliphatic heterocycles. The molecule has 1 heterocycles. The van der Waals surface area contributed by atoms with Crippen molar-refractivity contribution in [2.24, 2.45) is 0 Å². The standard InChI is InChI=1S/C30H36F2N6O4/c1-5-25(39)36-26(28(41)38-15-13-37(4)14-16-38)19(2)22-9-11-24(12-10-22)35-27(40)20(3)34-29(42)30(31,32)23-8-6-7-21(17-23)18-33/h6-12,17,19-20,26H,5,13-16H2,1-4H3,(H,34,42)(H,35,40)(H,36,39)/t19-,20-,26+/m0/s1. The van der Waals surface area contributed by atoms with E-state index < -0.39 is 35.4 Å². The summed E-state index contributed by atoms with van der Waals surface area (Å²) in [4.78, 5) is 54.5. The minimum absolute atomic E-state index is 0.0220. The molecule has 42 heavy (non-hydrogen) atoms. The molecular weight excluding hydrogens is 546 g/mol. The molecule has 1 aliphatic rings. The van der Waals surface area contributed by atoms with Gasteiger partial charge in [0.25, 0.3) is 5.91 Å². The number of alkyl halides is 2. The van der Waals surface area contributed by atoms with Crippen molar-refractivity contribution in [1.82, 2.24) is 20.4 Å². The van der Waals surface area contributed by atoms with E-state index in [9.17, 15) is 28.0 Å². The zero-order valence-electron chi connectivity index (χ0n) is 24.1. The van der Waals surface area contributed by atoms with Crippen LogP contribution in [-0.2, 0) is 25.1 Å². The van der Waals surface area contributed by atoms with Crippen LogP contribution in [-0.4, -0.2) is 78.7 Å². The molecule has 3 N–H and O–H groups in total. The maximum atomic E-state index is 14.7. The minimum atomic E-state index is -3.95. The molecule has 3 atom stereocenters. The highest BCUT2D eigenvalue weighted by Crippen LogP contribution is 2.29. The lowest BCUT2D eigenvalue weighted by atomic mass is 9.91. The Bertz CT molecular complexity index is 1340. The van der Waals surface area contributed by atoms with E-state index in [1.807, 2.05) is 19.3 Å². The Labute approximate surface area is 244 Å². The predicted octanol–water partition coefficient (Wildman–Crippen LogP) is 2.57. The number of nitriles is 1. The maximum Gasteiger partial charge on any atom is 0.349 e. The van der Waals surface area contributed by atoms with E-state index in [0.717, 1.165) is 30.8 Å². The number of rotatable bonds is 10. The summed E-state index contributed by atoms with van der Waals surface area (Å²) in [6, 6.07) is 10.8. The molecule has 0 spiro atoms. The number of benzene rings is 2. The van der Waals surface area contributed by atoms with Gasteiger partial charge in [0.15, 0.2) is 0 Å². The topological polar surface area (TPSA) is 135 Å². The summed E-state index contributed by atoms with van der Waals surface area (Å²) in [7, 11) is 1.99. The Balaban J connectivity index is 1.65. The zero-order chi connectivity index (χ0) is 31.0. The fourth-order valence-electron chi connectivity index (χ4n) is 4.48. The number of nitrogens with zero attached hydrogens (tertiary/aromatic N) is 3. The van der Waals surface area contributed by atoms with Gasteiger partial charge in [0.05, 0.1) is 11.6 Å². The van der Waals surface area contributed by atoms with Gasteiger partial charge in [-0.1, -0.05) is 38.1 Å². The average Bonchev–Trinajstić information content (AvgIpc) is 2.99. The number of anilines is 1. The highest BCUT2D eigenvalue weighted by Gasteiger charge is 2.42. The highest BCUT2D eigenvalue weighted by molar-refractivity contribution is 5.98. The van der Waals surface area contributed by atoms with Gasteiger partial charge in [0.1, 0.15) is 12.1 Å². The van der Waals surface area contributed by atoms with Crippen LogP contribution >= 0.6 is 0 Å². The molecule has 2 aromatic rings. The third kappa shape index (κ3) is 7.88. The summed E-state index contributed by atoms with van der Waals surface area (Å²) in [5.74, 6) is -7.12. The van der Waals surface area contributed by atoms with Crippen molar-refractivity contribution < 1.29 is 28.0 Å². The van der Waals surface area contributed by atoms with Crippen LogP contribution in [0, 0.1) is 11.3 Å². The minimum Gasteiger partial charge on any atom is -0.344 e. The van der Waals surface area contributed by atoms with Gasteiger partial charge in [-0.2, -0.15) is 14.0 Å². The maximum absolute atomic E-state index is 14.7. The van der Waals surface area contributed by atoms with Crippen LogP contribution in [0.1, 0.15) is 49.8 Å². The first-order valence-corrected chi connectivity index (χ1v) is 13.7. The Kier molecular flexibility index (Phi) is 10.7. The number of carbonyl (C=O) groups is 4. The lowest BCUT2D eigenvalue weighted by Crippen LogP contribution is -2.55. The summed E-state index contributed by atoms with van der Waals surface area (Å²) in [5.41, 5.74) is 0.421. The molecule has 0 aliphatic carbocycles. The van der Waals surface area contributed by atoms with Crippen LogP contribution in [0.4, 0.5) is 14.5 Å². The van der Waals surface area contributed by atoms with Crippen molar-refractivity contribution in [2.45, 2.75) is 51.1 Å². The number of hydrogen-bond donors (Lipinski definition) is 3. The first-order chi connectivity index (χ1) is 19.9. The molecule has 1 fully saturated rings. The fourth-order valence-corrected chi connectivity index (χ4v) is 4.48. The summed E-state index contributed by atoms with van der Waals surface area (Å²) in [5, 5.41) is 16.4. The smallest absolute Gasteiger partial charge is 0.344 e. The molecule has 224 valence electrons. The molecule has 0 aromatic heterocycles. The summed E-state index contributed by atoms with van der Waals surface area (Å²) in [6.45, 7) is 7.45. The van der Waals surface area contributed by atoms with Crippen LogP contribution in [0.3, 0.4) is 0 Å². The van der Waals surface area contributed by atoms with E-state index in [-0.39, 0.29) is 29.7 Å². The van der Waals surface area contributed by atoms with E-state index in [1.54, 1.807) is 42.2 Å². The van der Waals surface area contributed by atoms with E-state index in [2.05, 4.69) is 15.5 Å². The number of nitrogens with one attached hydrogen (secondary N) is 3. The molecule has 12 heteroatoms. The van der Waals surface area contributed by atoms with E-state index in [1.165, 1.54) is 19.1 Å². The summed E-state index contributed by atoms with van der Waals surface area (Å²) in [6.07, 6.45) is 0.233. The van der Waals surface area contributed by atoms with Crippen LogP contribution in [0.5, 0.6) is 0 Å². The molecular formula is C30H36F2N6O4. The molecule has 3 rings (SSSR count). The van der Waals surface area contributed by atoms with Crippen molar-refractivity contribution in [3.05, 3.63) is 65.2 Å². The molecule has 0 unspecified atom stereocenters. The molecule has 10 nitrogen and oxygen atoms in total. The summed E-state index contributed by atoms with van der Waals surface area (Å²) < 4.78 is 29.4. The van der Waals surface area contributed by atoms with Gasteiger partial charge in [-0.05, 0) is 43.8 Å². The first-order valence-electron chi connectivity index (χ1n) is 13.7. The van der Waals surface area contributed by atoms with Crippen molar-refractivity contribution in [1.29, 1.82) is 5.26 Å². The number of piperazine rings is 1. The molecule has 0 saturated carbocycles. The van der Waals surface area contributed by atoms with E-state index in [0.29, 0.717) is 18.8 Å². The summed E-state index contributed by atoms with van der Waals surface area (Å²) >= 11 is 0. The van der Waals surface area contributed by atoms with E-state index >= 15 is 0 Å². The third-order valence-corrected chi connectivity index (χ3v) is 7.30. The van der Waals surface area contributed by atoms with Gasteiger partial charge in [-0.25, -0.2) is 0 Å². The normalized spacial score (nSPS) is 16.0. The molecule has 0 bridgehead atoms. The van der Waals surface area contributed by atoms with E-state index in [4.69, 9.17) is 5.26 Å². The Morgan fingerprint density at radius 3 is 2.24 bits per heavy atom. The fraction of sp³-hybridized carbons (Fsp3) is 0.433. The Morgan fingerprint density at radius 1 is 1.00 bits per heavy atom. The quantitative estimate of drug-likeness (QED) is 0.394. The van der Waals surface area contributed by atoms with Crippen molar-refractivity contribution in [3.63, 3.8) is 0 Å². The number of carbonyl (C=O) groups excluding carboxylic acids is 4. The predicted molar refractivity (Wildman–Crippen MR) is 152 cm³/mol. The Morgan fingerprint density at radius 2 is 1.64 bits per heavy atom. The van der Waals surface area contributed by atoms with Crippen molar-refractivity contribution in [3.8, 4) is 6.07 Å². The Hall–Kier alpha value is -4.37. The van der Waals surface area contributed by atoms with Crippen LogP contribution in [0.15, 0.2) is 48.5 Å². The zero-order valence-corrected chi connectivity index (χ0v) is 24.1. The molecule has 1 saturated heterocycles. The van der Waals surface area contributed by atoms with Gasteiger partial charge in [0, 0.05) is 49.8 Å². The SMILES string of the molecule is CCC(=O)N[C@@H](C(=O)N1CCN(C)CC1)[C@@H](C)c1ccc(NC(=O)[C@H](C)NC(=O)C(F)(F)c2cccc(C#N)c2)cc1. The second kappa shape index (κ2) is 14.0. The molecule has 2 aromatic carbocycles. The van der Waals surface area contributed by atoms with Crippen LogP contribution in [0.2, 0.25) is 0 Å². The number of likely N-dealkylation sites (N-methyl/N-ethyl adjacent to an activating group) is 1. The lowest BCUT2D eigenvalue weighted by molar-refractivity contribution is -0.148. The van der Waals surface area contributed by atoms with Crippen molar-refractivity contribution >= 4 is 29.3 Å². The first kappa shape index (κ1) is 32.1. The van der Waals surface area contributed by atoms with Gasteiger partial charge in [-0.15, -0.1) is 0 Å². The van der Waals surface area contributed by atoms with Crippen LogP contribution < -0.4 is 16.0 Å². The molecule has 0 radical (unpaired) electrons. The van der Waals surface area contributed by atoms with Gasteiger partial charge in [-0.3, -0.25) is 19.2 Å². The van der Waals surface area contributed by atoms with Crippen molar-refractivity contribution in [2.75, 3.05) is 38.5 Å². The van der Waals surface area contributed by atoms with Gasteiger partial charge < -0.3 is 25.8 Å². The number of hydrogen-bond acceptors (Lipinski definition) is 6. The average molecular weight is 583 g/mol. The monoisotopic (exact) mass is 582 g/mol. The highest BCUT2D eigenvalue weighted by atomic mass is 19.3. The number of amides is 4. The second-order valence-corrected chi connectivity index (χ2v) is 10.4. The lowest BCUT2D eigenvalue weighted by Gasteiger charge is -2.36. The van der Waals surface area contributed by atoms with Crippen LogP contribution in [0.25, 0.3) is 0 Å². The number of halogens is 2. The molecule has 4 amide bonds. The third-order valence-electron chi connectivity index (χ3n) is 7.30. The van der Waals surface area contributed by atoms with Gasteiger partial charge >= 0.3 is 5.92 Å². The largest absolute Gasteiger partial charge is 0.349 e. The van der Waals surface area contributed by atoms with Gasteiger partial charge in [0.2, 0.25) is 17.7 Å². The second-order valence-electron chi connectivity index (χ2n) is 10.4.